The zero-order valence-electron chi connectivity index (χ0n) is 14.5. The van der Waals surface area contributed by atoms with E-state index >= 15 is 0 Å². The number of benzene rings is 2. The van der Waals surface area contributed by atoms with E-state index in [1.807, 2.05) is 30.3 Å². The van der Waals surface area contributed by atoms with Gasteiger partial charge in [0.25, 0.3) is 0 Å². The topological polar surface area (TPSA) is 67.9 Å². The molecular formula is C20H20N2O4. The predicted molar refractivity (Wildman–Crippen MR) is 97.6 cm³/mol. The van der Waals surface area contributed by atoms with Gasteiger partial charge in [0, 0.05) is 12.1 Å². The number of anilines is 2. The first-order valence-corrected chi connectivity index (χ1v) is 8.68. The summed E-state index contributed by atoms with van der Waals surface area (Å²) in [5.41, 5.74) is 2.85. The number of esters is 1. The van der Waals surface area contributed by atoms with Crippen LogP contribution in [0.1, 0.15) is 28.8 Å². The summed E-state index contributed by atoms with van der Waals surface area (Å²) >= 11 is 0. The number of carbonyl (C=O) groups is 2. The number of para-hydroxylation sites is 1. The van der Waals surface area contributed by atoms with Crippen molar-refractivity contribution in [3.8, 4) is 5.75 Å². The summed E-state index contributed by atoms with van der Waals surface area (Å²) in [5.74, 6) is 0.240. The highest BCUT2D eigenvalue weighted by Crippen LogP contribution is 2.37. The van der Waals surface area contributed by atoms with Gasteiger partial charge in [-0.3, -0.25) is 4.79 Å². The summed E-state index contributed by atoms with van der Waals surface area (Å²) in [7, 11) is 1.58. The van der Waals surface area contributed by atoms with Crippen molar-refractivity contribution in [1.82, 2.24) is 0 Å². The van der Waals surface area contributed by atoms with E-state index in [0.717, 1.165) is 30.6 Å². The Morgan fingerprint density at radius 3 is 2.96 bits per heavy atom. The van der Waals surface area contributed by atoms with Crippen LogP contribution in [0.2, 0.25) is 0 Å². The van der Waals surface area contributed by atoms with Gasteiger partial charge in [0.15, 0.2) is 0 Å². The molecule has 6 nitrogen and oxygen atoms in total. The first-order chi connectivity index (χ1) is 12.7. The molecule has 0 saturated carbocycles. The second kappa shape index (κ2) is 6.71. The van der Waals surface area contributed by atoms with Crippen molar-refractivity contribution in [1.29, 1.82) is 0 Å². The second-order valence-electron chi connectivity index (χ2n) is 6.46. The lowest BCUT2D eigenvalue weighted by Gasteiger charge is -2.33. The van der Waals surface area contributed by atoms with Gasteiger partial charge >= 0.3 is 5.97 Å². The molecule has 1 saturated heterocycles. The number of amides is 1. The fraction of sp³-hybridized carbons (Fsp3) is 0.300. The molecule has 134 valence electrons. The van der Waals surface area contributed by atoms with E-state index < -0.39 is 5.97 Å². The Morgan fingerprint density at radius 2 is 2.12 bits per heavy atom. The minimum Gasteiger partial charge on any atom is -0.496 e. The van der Waals surface area contributed by atoms with Gasteiger partial charge in [-0.15, -0.1) is 0 Å². The Kier molecular flexibility index (Phi) is 4.24. The lowest BCUT2D eigenvalue weighted by Crippen LogP contribution is -2.43. The van der Waals surface area contributed by atoms with Crippen LogP contribution in [0.15, 0.2) is 42.5 Å². The van der Waals surface area contributed by atoms with Crippen LogP contribution in [0.5, 0.6) is 5.75 Å². The fourth-order valence-corrected chi connectivity index (χ4v) is 3.61. The molecule has 1 atom stereocenters. The van der Waals surface area contributed by atoms with Gasteiger partial charge in [-0.25, -0.2) is 4.79 Å². The van der Waals surface area contributed by atoms with E-state index in [0.29, 0.717) is 17.0 Å². The standard InChI is InChI=1S/C20H20N2O4/c1-25-18-7-3-2-5-14(18)12-26-20(24)13-8-9-16-15(11-13)21-19(23)17-6-4-10-22(16)17/h2-3,5,7-9,11,17H,4,6,10,12H2,1H3,(H,21,23)/t17-/m1/s1. The van der Waals surface area contributed by atoms with Crippen LogP contribution < -0.4 is 15.0 Å². The van der Waals surface area contributed by atoms with E-state index in [-0.39, 0.29) is 18.6 Å². The Hall–Kier alpha value is -3.02. The molecule has 1 N–H and O–H groups in total. The summed E-state index contributed by atoms with van der Waals surface area (Å²) in [6, 6.07) is 12.6. The molecule has 2 aliphatic rings. The van der Waals surface area contributed by atoms with Gasteiger partial charge in [-0.05, 0) is 37.1 Å². The quantitative estimate of drug-likeness (QED) is 0.857. The molecular weight excluding hydrogens is 332 g/mol. The smallest absolute Gasteiger partial charge is 0.338 e. The average molecular weight is 352 g/mol. The van der Waals surface area contributed by atoms with Crippen LogP contribution in [0.4, 0.5) is 11.4 Å². The monoisotopic (exact) mass is 352 g/mol. The molecule has 0 unspecified atom stereocenters. The first-order valence-electron chi connectivity index (χ1n) is 8.68. The maximum Gasteiger partial charge on any atom is 0.338 e. The number of fused-ring (bicyclic) bond motifs is 3. The maximum absolute atomic E-state index is 12.4. The summed E-state index contributed by atoms with van der Waals surface area (Å²) in [6.07, 6.45) is 1.87. The largest absolute Gasteiger partial charge is 0.496 e. The van der Waals surface area contributed by atoms with Gasteiger partial charge in [0.05, 0.1) is 24.0 Å². The Balaban J connectivity index is 1.51. The molecule has 1 amide bonds. The predicted octanol–water partition coefficient (Wildman–Crippen LogP) is 2.97. The second-order valence-corrected chi connectivity index (χ2v) is 6.46. The molecule has 2 heterocycles. The van der Waals surface area contributed by atoms with Crippen LogP contribution in [0.25, 0.3) is 0 Å². The summed E-state index contributed by atoms with van der Waals surface area (Å²) in [6.45, 7) is 0.989. The molecule has 2 aliphatic heterocycles. The average Bonchev–Trinajstić information content (AvgIpc) is 3.16. The molecule has 4 rings (SSSR count). The van der Waals surface area contributed by atoms with Crippen LogP contribution in [0, 0.1) is 0 Å². The highest BCUT2D eigenvalue weighted by atomic mass is 16.5. The van der Waals surface area contributed by atoms with Crippen LogP contribution in [-0.4, -0.2) is 31.6 Å². The summed E-state index contributed by atoms with van der Waals surface area (Å²) in [5, 5.41) is 2.91. The van der Waals surface area contributed by atoms with Crippen molar-refractivity contribution in [3.63, 3.8) is 0 Å². The van der Waals surface area contributed by atoms with Crippen molar-refractivity contribution < 1.29 is 19.1 Å². The minimum absolute atomic E-state index is 0.00506. The van der Waals surface area contributed by atoms with Crippen LogP contribution in [-0.2, 0) is 16.1 Å². The van der Waals surface area contributed by atoms with E-state index in [1.54, 1.807) is 19.2 Å². The van der Waals surface area contributed by atoms with E-state index in [4.69, 9.17) is 9.47 Å². The number of nitrogens with zero attached hydrogens (tertiary/aromatic N) is 1. The molecule has 2 aromatic carbocycles. The molecule has 6 heteroatoms. The van der Waals surface area contributed by atoms with E-state index in [9.17, 15) is 9.59 Å². The van der Waals surface area contributed by atoms with E-state index in [1.165, 1.54) is 0 Å². The Bertz CT molecular complexity index is 865. The van der Waals surface area contributed by atoms with Gasteiger partial charge in [0.2, 0.25) is 5.91 Å². The zero-order chi connectivity index (χ0) is 18.1. The Morgan fingerprint density at radius 1 is 1.27 bits per heavy atom. The highest BCUT2D eigenvalue weighted by Gasteiger charge is 2.36. The van der Waals surface area contributed by atoms with Crippen molar-refractivity contribution in [3.05, 3.63) is 53.6 Å². The van der Waals surface area contributed by atoms with Crippen molar-refractivity contribution in [2.45, 2.75) is 25.5 Å². The highest BCUT2D eigenvalue weighted by molar-refractivity contribution is 6.05. The number of nitrogens with one attached hydrogen (secondary N) is 1. The molecule has 1 fully saturated rings. The number of carbonyl (C=O) groups excluding carboxylic acids is 2. The van der Waals surface area contributed by atoms with Gasteiger partial charge in [-0.2, -0.15) is 0 Å². The minimum atomic E-state index is -0.434. The summed E-state index contributed by atoms with van der Waals surface area (Å²) in [4.78, 5) is 26.8. The molecule has 0 radical (unpaired) electrons. The molecule has 0 spiro atoms. The lowest BCUT2D eigenvalue weighted by molar-refractivity contribution is -0.117. The third kappa shape index (κ3) is 2.87. The van der Waals surface area contributed by atoms with Crippen LogP contribution >= 0.6 is 0 Å². The number of hydrogen-bond acceptors (Lipinski definition) is 5. The summed E-state index contributed by atoms with van der Waals surface area (Å²) < 4.78 is 10.7. The van der Waals surface area contributed by atoms with Crippen molar-refractivity contribution in [2.24, 2.45) is 0 Å². The third-order valence-corrected chi connectivity index (χ3v) is 4.91. The number of methoxy groups -OCH3 is 1. The van der Waals surface area contributed by atoms with Gasteiger partial charge in [0.1, 0.15) is 18.4 Å². The number of ether oxygens (including phenoxy) is 2. The van der Waals surface area contributed by atoms with Crippen LogP contribution in [0.3, 0.4) is 0 Å². The SMILES string of the molecule is COc1ccccc1COC(=O)c1ccc2c(c1)NC(=O)[C@H]1CCCN21. The molecule has 0 bridgehead atoms. The first kappa shape index (κ1) is 16.4. The maximum atomic E-state index is 12.4. The van der Waals surface area contributed by atoms with Gasteiger partial charge in [-0.1, -0.05) is 18.2 Å². The van der Waals surface area contributed by atoms with Crippen molar-refractivity contribution >= 4 is 23.3 Å². The molecule has 2 aromatic rings. The number of hydrogen-bond donors (Lipinski definition) is 1. The lowest BCUT2D eigenvalue weighted by atomic mass is 10.1. The Labute approximate surface area is 151 Å². The third-order valence-electron chi connectivity index (χ3n) is 4.91. The van der Waals surface area contributed by atoms with E-state index in [2.05, 4.69) is 10.2 Å². The van der Waals surface area contributed by atoms with Crippen molar-refractivity contribution in [2.75, 3.05) is 23.9 Å². The van der Waals surface area contributed by atoms with Gasteiger partial charge < -0.3 is 19.7 Å². The zero-order valence-corrected chi connectivity index (χ0v) is 14.5. The number of rotatable bonds is 4. The fourth-order valence-electron chi connectivity index (χ4n) is 3.61. The molecule has 0 aromatic heterocycles. The normalized spacial score (nSPS) is 18.0. The molecule has 26 heavy (non-hydrogen) atoms. The molecule has 0 aliphatic carbocycles.